The summed E-state index contributed by atoms with van der Waals surface area (Å²) in [5.74, 6) is 2.50. The molecule has 0 radical (unpaired) electrons. The lowest BCUT2D eigenvalue weighted by Gasteiger charge is -2.13. The van der Waals surface area contributed by atoms with E-state index in [1.54, 1.807) is 0 Å². The molecular weight excluding hydrogens is 238 g/mol. The molecule has 0 aliphatic carbocycles. The van der Waals surface area contributed by atoms with Crippen LogP contribution in [0, 0.1) is 6.92 Å². The number of ether oxygens (including phenoxy) is 1. The van der Waals surface area contributed by atoms with Crippen molar-refractivity contribution in [2.75, 3.05) is 18.5 Å². The van der Waals surface area contributed by atoms with Gasteiger partial charge in [0.1, 0.15) is 11.6 Å². The third-order valence-corrected chi connectivity index (χ3v) is 2.99. The van der Waals surface area contributed by atoms with Gasteiger partial charge in [-0.3, -0.25) is 0 Å². The number of aryl methyl sites for hydroxylation is 1. The van der Waals surface area contributed by atoms with Crippen molar-refractivity contribution in [3.8, 4) is 5.88 Å². The van der Waals surface area contributed by atoms with E-state index in [-0.39, 0.29) is 0 Å². The van der Waals surface area contributed by atoms with Crippen molar-refractivity contribution in [1.29, 1.82) is 0 Å². The smallest absolute Gasteiger partial charge is 0.221 e. The largest absolute Gasteiger partial charge is 0.477 e. The maximum Gasteiger partial charge on any atom is 0.221 e. The number of aromatic nitrogens is 2. The van der Waals surface area contributed by atoms with E-state index in [2.05, 4.69) is 36.1 Å². The van der Waals surface area contributed by atoms with Crippen molar-refractivity contribution in [2.24, 2.45) is 0 Å². The Morgan fingerprint density at radius 3 is 2.47 bits per heavy atom. The maximum absolute atomic E-state index is 5.81. The second-order valence-electron chi connectivity index (χ2n) is 4.75. The number of rotatable bonds is 9. The molecule has 0 atom stereocenters. The van der Waals surface area contributed by atoms with E-state index in [9.17, 15) is 0 Å². The van der Waals surface area contributed by atoms with Crippen LogP contribution in [0.15, 0.2) is 0 Å². The van der Waals surface area contributed by atoms with E-state index in [0.29, 0.717) is 0 Å². The molecule has 0 aliphatic rings. The quantitative estimate of drug-likeness (QED) is 0.691. The molecule has 4 nitrogen and oxygen atoms in total. The Bertz CT molecular complexity index is 380. The molecule has 0 amide bonds. The van der Waals surface area contributed by atoms with Crippen LogP contribution in [0.5, 0.6) is 5.88 Å². The molecule has 1 heterocycles. The summed E-state index contributed by atoms with van der Waals surface area (Å²) in [6.45, 7) is 10.1. The van der Waals surface area contributed by atoms with Crippen molar-refractivity contribution >= 4 is 5.82 Å². The van der Waals surface area contributed by atoms with Crippen LogP contribution in [0.4, 0.5) is 5.82 Å². The Labute approximate surface area is 117 Å². The summed E-state index contributed by atoms with van der Waals surface area (Å²) >= 11 is 0. The lowest BCUT2D eigenvalue weighted by molar-refractivity contribution is 0.291. The topological polar surface area (TPSA) is 47.0 Å². The Balaban J connectivity index is 2.76. The maximum atomic E-state index is 5.81. The molecule has 1 aromatic rings. The molecule has 0 fully saturated rings. The Morgan fingerprint density at radius 1 is 1.05 bits per heavy atom. The second-order valence-corrected chi connectivity index (χ2v) is 4.75. The molecular formula is C15H27N3O. The highest BCUT2D eigenvalue weighted by molar-refractivity contribution is 5.48. The SMILES string of the molecule is CCCCCOc1nc(CC)nc(NCCC)c1C. The fraction of sp³-hybridized carbons (Fsp3) is 0.733. The third-order valence-electron chi connectivity index (χ3n) is 2.99. The minimum absolute atomic E-state index is 0.738. The number of anilines is 1. The molecule has 0 bridgehead atoms. The number of hydrogen-bond donors (Lipinski definition) is 1. The molecule has 0 aromatic carbocycles. The zero-order valence-electron chi connectivity index (χ0n) is 12.8. The third kappa shape index (κ3) is 5.05. The van der Waals surface area contributed by atoms with E-state index in [4.69, 9.17) is 4.74 Å². The molecule has 1 N–H and O–H groups in total. The van der Waals surface area contributed by atoms with E-state index in [1.807, 2.05) is 6.92 Å². The van der Waals surface area contributed by atoms with Crippen molar-refractivity contribution in [2.45, 2.75) is 59.8 Å². The summed E-state index contributed by atoms with van der Waals surface area (Å²) in [6.07, 6.45) is 5.39. The van der Waals surface area contributed by atoms with Gasteiger partial charge >= 0.3 is 0 Å². The summed E-state index contributed by atoms with van der Waals surface area (Å²) in [4.78, 5) is 9.01. The van der Waals surface area contributed by atoms with Gasteiger partial charge in [0.2, 0.25) is 5.88 Å². The molecule has 0 saturated carbocycles. The van der Waals surface area contributed by atoms with Crippen LogP contribution in [-0.2, 0) is 6.42 Å². The van der Waals surface area contributed by atoms with E-state index < -0.39 is 0 Å². The first kappa shape index (κ1) is 15.7. The number of nitrogens with one attached hydrogen (secondary N) is 1. The predicted octanol–water partition coefficient (Wildman–Crippen LogP) is 3.74. The summed E-state index contributed by atoms with van der Waals surface area (Å²) < 4.78 is 5.81. The van der Waals surface area contributed by atoms with Crippen LogP contribution in [0.25, 0.3) is 0 Å². The zero-order chi connectivity index (χ0) is 14.1. The van der Waals surface area contributed by atoms with Crippen LogP contribution in [0.3, 0.4) is 0 Å². The van der Waals surface area contributed by atoms with Crippen molar-refractivity contribution in [1.82, 2.24) is 9.97 Å². The lowest BCUT2D eigenvalue weighted by Crippen LogP contribution is -2.10. The van der Waals surface area contributed by atoms with Gasteiger partial charge in [0, 0.05) is 13.0 Å². The van der Waals surface area contributed by atoms with Crippen LogP contribution in [-0.4, -0.2) is 23.1 Å². The van der Waals surface area contributed by atoms with Gasteiger partial charge in [0.15, 0.2) is 0 Å². The lowest BCUT2D eigenvalue weighted by atomic mass is 10.2. The molecule has 108 valence electrons. The van der Waals surface area contributed by atoms with Crippen molar-refractivity contribution in [3.63, 3.8) is 0 Å². The highest BCUT2D eigenvalue weighted by atomic mass is 16.5. The normalized spacial score (nSPS) is 10.5. The van der Waals surface area contributed by atoms with E-state index in [1.165, 1.54) is 12.8 Å². The molecule has 1 rings (SSSR count). The number of unbranched alkanes of at least 4 members (excludes halogenated alkanes) is 2. The first-order valence-corrected chi connectivity index (χ1v) is 7.47. The number of hydrogen-bond acceptors (Lipinski definition) is 4. The monoisotopic (exact) mass is 265 g/mol. The average Bonchev–Trinajstić information content (AvgIpc) is 2.43. The van der Waals surface area contributed by atoms with Gasteiger partial charge < -0.3 is 10.1 Å². The van der Waals surface area contributed by atoms with Gasteiger partial charge in [-0.05, 0) is 19.8 Å². The first-order chi connectivity index (χ1) is 9.22. The van der Waals surface area contributed by atoms with Crippen LogP contribution < -0.4 is 10.1 Å². The Morgan fingerprint density at radius 2 is 1.84 bits per heavy atom. The average molecular weight is 265 g/mol. The summed E-state index contributed by atoms with van der Waals surface area (Å²) in [5, 5.41) is 3.35. The predicted molar refractivity (Wildman–Crippen MR) is 79.9 cm³/mol. The van der Waals surface area contributed by atoms with Crippen molar-refractivity contribution in [3.05, 3.63) is 11.4 Å². The minimum atomic E-state index is 0.738. The van der Waals surface area contributed by atoms with Gasteiger partial charge in [-0.1, -0.05) is 33.6 Å². The highest BCUT2D eigenvalue weighted by Gasteiger charge is 2.10. The second kappa shape index (κ2) is 8.73. The molecule has 19 heavy (non-hydrogen) atoms. The van der Waals surface area contributed by atoms with Crippen LogP contribution >= 0.6 is 0 Å². The molecule has 0 spiro atoms. The number of nitrogens with zero attached hydrogens (tertiary/aromatic N) is 2. The summed E-state index contributed by atoms with van der Waals surface area (Å²) in [7, 11) is 0. The van der Waals surface area contributed by atoms with Crippen LogP contribution in [0.1, 0.15) is 57.8 Å². The van der Waals surface area contributed by atoms with E-state index in [0.717, 1.165) is 55.5 Å². The van der Waals surface area contributed by atoms with Gasteiger partial charge in [-0.2, -0.15) is 4.98 Å². The van der Waals surface area contributed by atoms with Gasteiger partial charge in [0.05, 0.1) is 12.2 Å². The summed E-state index contributed by atoms with van der Waals surface area (Å²) in [6, 6.07) is 0. The van der Waals surface area contributed by atoms with Gasteiger partial charge in [-0.25, -0.2) is 4.98 Å². The minimum Gasteiger partial charge on any atom is -0.477 e. The Kier molecular flexibility index (Phi) is 7.23. The highest BCUT2D eigenvalue weighted by Crippen LogP contribution is 2.22. The fourth-order valence-corrected chi connectivity index (χ4v) is 1.78. The standard InChI is InChI=1S/C15H27N3O/c1-5-8-9-11-19-15-12(4)14(16-10-6-2)17-13(7-3)18-15/h5-11H2,1-4H3,(H,16,17,18). The van der Waals surface area contributed by atoms with Crippen LogP contribution in [0.2, 0.25) is 0 Å². The van der Waals surface area contributed by atoms with Crippen molar-refractivity contribution < 1.29 is 4.74 Å². The summed E-state index contributed by atoms with van der Waals surface area (Å²) in [5.41, 5.74) is 1.02. The molecule has 4 heteroatoms. The molecule has 0 unspecified atom stereocenters. The molecule has 0 aliphatic heterocycles. The van der Waals surface area contributed by atoms with E-state index >= 15 is 0 Å². The van der Waals surface area contributed by atoms with Gasteiger partial charge in [-0.15, -0.1) is 0 Å². The fourth-order valence-electron chi connectivity index (χ4n) is 1.78. The Hall–Kier alpha value is -1.32. The molecule has 0 saturated heterocycles. The molecule has 1 aromatic heterocycles. The zero-order valence-corrected chi connectivity index (χ0v) is 12.8. The first-order valence-electron chi connectivity index (χ1n) is 7.47. The van der Waals surface area contributed by atoms with Gasteiger partial charge in [0.25, 0.3) is 0 Å².